The van der Waals surface area contributed by atoms with E-state index >= 15 is 0 Å². The van der Waals surface area contributed by atoms with Crippen LogP contribution in [0.25, 0.3) is 5.52 Å². The van der Waals surface area contributed by atoms with E-state index in [0.29, 0.717) is 22.5 Å². The molecule has 1 aliphatic carbocycles. The fourth-order valence-electron chi connectivity index (χ4n) is 2.95. The molecule has 3 aromatic heterocycles. The summed E-state index contributed by atoms with van der Waals surface area (Å²) >= 11 is 0. The van der Waals surface area contributed by atoms with Crippen molar-refractivity contribution in [3.05, 3.63) is 41.9 Å². The van der Waals surface area contributed by atoms with Gasteiger partial charge in [-0.05, 0) is 18.9 Å². The van der Waals surface area contributed by atoms with Gasteiger partial charge in [-0.3, -0.25) is 4.79 Å². The average Bonchev–Trinajstić information content (AvgIpc) is 3.48. The maximum Gasteiger partial charge on any atom is 0.339 e. The van der Waals surface area contributed by atoms with Crippen LogP contribution in [-0.4, -0.2) is 38.7 Å². The second-order valence-corrected chi connectivity index (χ2v) is 6.53. The van der Waals surface area contributed by atoms with Crippen molar-refractivity contribution in [2.75, 3.05) is 17.7 Å². The van der Waals surface area contributed by atoms with Gasteiger partial charge in [0.1, 0.15) is 28.5 Å². The Morgan fingerprint density at radius 1 is 1.34 bits per heavy atom. The fourth-order valence-corrected chi connectivity index (χ4v) is 2.95. The Hall–Kier alpha value is -4.13. The van der Waals surface area contributed by atoms with Crippen molar-refractivity contribution < 1.29 is 19.4 Å². The van der Waals surface area contributed by atoms with Gasteiger partial charge in [-0.1, -0.05) is 0 Å². The summed E-state index contributed by atoms with van der Waals surface area (Å²) in [5.41, 5.74) is 1.35. The smallest absolute Gasteiger partial charge is 0.339 e. The molecule has 1 fully saturated rings. The summed E-state index contributed by atoms with van der Waals surface area (Å²) in [6, 6.07) is 5.15. The molecule has 0 atom stereocenters. The van der Waals surface area contributed by atoms with Gasteiger partial charge in [0.25, 0.3) is 0 Å². The molecule has 0 bridgehead atoms. The highest BCUT2D eigenvalue weighted by molar-refractivity contribution is 5.98. The van der Waals surface area contributed by atoms with E-state index < -0.39 is 5.97 Å². The summed E-state index contributed by atoms with van der Waals surface area (Å²) in [5, 5.41) is 28.6. The van der Waals surface area contributed by atoms with Crippen LogP contribution >= 0.6 is 0 Å². The Balaban J connectivity index is 1.75. The topological polar surface area (TPSA) is 142 Å². The third-order valence-electron chi connectivity index (χ3n) is 4.57. The summed E-state index contributed by atoms with van der Waals surface area (Å²) in [7, 11) is 1.45. The van der Waals surface area contributed by atoms with Gasteiger partial charge in [-0.25, -0.2) is 14.3 Å². The first-order valence-corrected chi connectivity index (χ1v) is 8.77. The number of carbonyl (C=O) groups is 2. The first-order chi connectivity index (χ1) is 14.0. The number of fused-ring (bicyclic) bond motifs is 1. The zero-order valence-electron chi connectivity index (χ0n) is 15.3. The number of methoxy groups -OCH3 is 1. The van der Waals surface area contributed by atoms with Crippen molar-refractivity contribution in [3.63, 3.8) is 0 Å². The lowest BCUT2D eigenvalue weighted by molar-refractivity contribution is -0.117. The molecule has 29 heavy (non-hydrogen) atoms. The minimum absolute atomic E-state index is 0.0128. The molecule has 0 saturated heterocycles. The molecule has 1 aliphatic rings. The molecule has 10 nitrogen and oxygen atoms in total. The number of carbonyl (C=O) groups excluding carboxylic acids is 1. The average molecular weight is 392 g/mol. The van der Waals surface area contributed by atoms with Crippen LogP contribution in [0, 0.1) is 17.2 Å². The Morgan fingerprint density at radius 2 is 2.14 bits per heavy atom. The van der Waals surface area contributed by atoms with Gasteiger partial charge in [-0.15, -0.1) is 0 Å². The van der Waals surface area contributed by atoms with Gasteiger partial charge in [0, 0.05) is 24.4 Å². The van der Waals surface area contributed by atoms with E-state index in [0.717, 1.165) is 12.8 Å². The predicted molar refractivity (Wildman–Crippen MR) is 102 cm³/mol. The fraction of sp³-hybridized carbons (Fsp3) is 0.211. The lowest BCUT2D eigenvalue weighted by atomic mass is 10.2. The van der Waals surface area contributed by atoms with Gasteiger partial charge in [0.2, 0.25) is 5.91 Å². The monoisotopic (exact) mass is 392 g/mol. The van der Waals surface area contributed by atoms with E-state index in [9.17, 15) is 20.0 Å². The number of hydrogen-bond donors (Lipinski definition) is 3. The second kappa shape index (κ2) is 7.12. The van der Waals surface area contributed by atoms with Gasteiger partial charge in [0.05, 0.1) is 24.7 Å². The first-order valence-electron chi connectivity index (χ1n) is 8.77. The van der Waals surface area contributed by atoms with E-state index in [1.165, 1.54) is 30.1 Å². The van der Waals surface area contributed by atoms with Crippen LogP contribution in [0.1, 0.15) is 28.8 Å². The van der Waals surface area contributed by atoms with Crippen molar-refractivity contribution in [1.29, 1.82) is 5.26 Å². The lowest BCUT2D eigenvalue weighted by Gasteiger charge is -2.15. The van der Waals surface area contributed by atoms with Crippen LogP contribution in [0.5, 0.6) is 5.75 Å². The number of pyridine rings is 2. The number of amides is 1. The molecule has 0 unspecified atom stereocenters. The normalized spacial score (nSPS) is 13.0. The zero-order chi connectivity index (χ0) is 20.5. The van der Waals surface area contributed by atoms with Crippen LogP contribution in [-0.2, 0) is 4.79 Å². The number of aromatic carboxylic acids is 1. The van der Waals surface area contributed by atoms with Crippen LogP contribution in [0.2, 0.25) is 0 Å². The Labute approximate surface area is 164 Å². The predicted octanol–water partition coefficient (Wildman–Crippen LogP) is 2.40. The molecular weight excluding hydrogens is 376 g/mol. The van der Waals surface area contributed by atoms with Crippen molar-refractivity contribution in [2.24, 2.45) is 5.92 Å². The molecule has 0 spiro atoms. The molecule has 3 heterocycles. The number of anilines is 3. The Bertz CT molecular complexity index is 1180. The number of nitriles is 1. The molecule has 1 amide bonds. The highest BCUT2D eigenvalue weighted by Gasteiger charge is 2.30. The second-order valence-electron chi connectivity index (χ2n) is 6.53. The van der Waals surface area contributed by atoms with Gasteiger partial charge < -0.3 is 20.5 Å². The van der Waals surface area contributed by atoms with Crippen LogP contribution in [0.4, 0.5) is 17.2 Å². The van der Waals surface area contributed by atoms with Crippen LogP contribution < -0.4 is 15.4 Å². The minimum atomic E-state index is -1.18. The number of nitrogens with one attached hydrogen (secondary N) is 2. The molecule has 4 rings (SSSR count). The molecule has 0 radical (unpaired) electrons. The van der Waals surface area contributed by atoms with E-state index in [1.54, 1.807) is 12.3 Å². The van der Waals surface area contributed by atoms with E-state index in [1.807, 2.05) is 6.07 Å². The zero-order valence-corrected chi connectivity index (χ0v) is 15.3. The molecular formula is C19H16N6O4. The molecule has 146 valence electrons. The number of carboxylic acids is 1. The Morgan fingerprint density at radius 3 is 2.79 bits per heavy atom. The number of carboxylic acid groups (broad SMARTS) is 1. The summed E-state index contributed by atoms with van der Waals surface area (Å²) in [6.45, 7) is 0. The highest BCUT2D eigenvalue weighted by Crippen LogP contribution is 2.35. The lowest BCUT2D eigenvalue weighted by Crippen LogP contribution is -2.15. The minimum Gasteiger partial charge on any atom is -0.492 e. The van der Waals surface area contributed by atoms with E-state index in [2.05, 4.69) is 20.7 Å². The molecule has 3 N–H and O–H groups in total. The third-order valence-corrected chi connectivity index (χ3v) is 4.57. The maximum atomic E-state index is 12.0. The van der Waals surface area contributed by atoms with Crippen LogP contribution in [0.15, 0.2) is 30.7 Å². The first kappa shape index (κ1) is 18.2. The quantitative estimate of drug-likeness (QED) is 0.580. The molecule has 3 aromatic rings. The number of rotatable bonds is 6. The SMILES string of the molecule is COc1c(Nc2cc(NC(=O)C3CC3)ncc2C(=O)O)ccn2ncc(C#N)c12. The van der Waals surface area contributed by atoms with E-state index in [4.69, 9.17) is 4.74 Å². The molecule has 0 aromatic carbocycles. The van der Waals surface area contributed by atoms with Crippen molar-refractivity contribution >= 4 is 34.6 Å². The summed E-state index contributed by atoms with van der Waals surface area (Å²) < 4.78 is 6.95. The largest absolute Gasteiger partial charge is 0.492 e. The van der Waals surface area contributed by atoms with Crippen molar-refractivity contribution in [1.82, 2.24) is 14.6 Å². The number of ether oxygens (including phenoxy) is 1. The summed E-state index contributed by atoms with van der Waals surface area (Å²) in [4.78, 5) is 27.7. The number of hydrogen-bond acceptors (Lipinski definition) is 7. The van der Waals surface area contributed by atoms with Gasteiger partial charge in [0.15, 0.2) is 5.75 Å². The standard InChI is InChI=1S/C19H16N6O4/c1-29-17-13(4-5-25-16(17)11(7-20)8-22-25)23-14-6-15(21-9-12(14)19(27)28)24-18(26)10-2-3-10/h4-6,8-10H,2-3H2,1H3,(H,27,28)(H2,21,23,24,26). The molecule has 1 saturated carbocycles. The van der Waals surface area contributed by atoms with Gasteiger partial charge in [-0.2, -0.15) is 10.4 Å². The highest BCUT2D eigenvalue weighted by atomic mass is 16.5. The molecule has 0 aliphatic heterocycles. The Kier molecular flexibility index (Phi) is 4.48. The maximum absolute atomic E-state index is 12.0. The van der Waals surface area contributed by atoms with Gasteiger partial charge >= 0.3 is 5.97 Å². The molecule has 10 heteroatoms. The summed E-state index contributed by atoms with van der Waals surface area (Å²) in [5.74, 6) is -0.749. The summed E-state index contributed by atoms with van der Waals surface area (Å²) in [6.07, 6.45) is 5.90. The third kappa shape index (κ3) is 3.41. The van der Waals surface area contributed by atoms with E-state index in [-0.39, 0.29) is 28.9 Å². The number of aromatic nitrogens is 3. The van der Waals surface area contributed by atoms with Crippen molar-refractivity contribution in [2.45, 2.75) is 12.8 Å². The van der Waals surface area contributed by atoms with Crippen molar-refractivity contribution in [3.8, 4) is 11.8 Å². The number of nitrogens with zero attached hydrogens (tertiary/aromatic N) is 4. The van der Waals surface area contributed by atoms with Crippen LogP contribution in [0.3, 0.4) is 0 Å².